The number of aliphatic hydroxyl groups excluding tert-OH is 1. The van der Waals surface area contributed by atoms with Crippen molar-refractivity contribution in [3.05, 3.63) is 71.0 Å². The molecule has 161 valence electrons. The van der Waals surface area contributed by atoms with Gasteiger partial charge in [0.05, 0.1) is 18.4 Å². The Bertz CT molecular complexity index is 1070. The smallest absolute Gasteiger partial charge is 0.160 e. The van der Waals surface area contributed by atoms with Crippen molar-refractivity contribution in [1.29, 1.82) is 0 Å². The molecule has 1 N–H and O–H groups in total. The molecule has 2 aromatic carbocycles. The molecular weight excluding hydrogens is 568 g/mol. The van der Waals surface area contributed by atoms with Crippen LogP contribution in [-0.2, 0) is 24.9 Å². The molecule has 4 nitrogen and oxygen atoms in total. The number of carbonyl (C=O) groups is 1. The number of halogens is 2. The van der Waals surface area contributed by atoms with Crippen LogP contribution in [-0.4, -0.2) is 23.0 Å². The molecule has 0 aliphatic carbocycles. The number of ether oxygens (including phenoxy) is 1. The largest absolute Gasteiger partial charge is 0.512 e. The predicted octanol–water partition coefficient (Wildman–Crippen LogP) is 5.64. The molecule has 1 radical (unpaired) electrons. The fourth-order valence-electron chi connectivity index (χ4n) is 2.82. The van der Waals surface area contributed by atoms with Crippen LogP contribution in [0.5, 0.6) is 5.75 Å². The van der Waals surface area contributed by atoms with Crippen molar-refractivity contribution in [2.24, 2.45) is 0 Å². The maximum Gasteiger partial charge on any atom is 0.160 e. The van der Waals surface area contributed by atoms with Crippen LogP contribution >= 0.6 is 0 Å². The van der Waals surface area contributed by atoms with E-state index >= 15 is 0 Å². The topological polar surface area (TPSA) is 59.4 Å². The van der Waals surface area contributed by atoms with Crippen LogP contribution in [0.25, 0.3) is 22.2 Å². The number of fused-ring (bicyclic) bond motifs is 1. The number of hydrogen-bond donors (Lipinski definition) is 1. The Morgan fingerprint density at radius 3 is 2.23 bits per heavy atom. The summed E-state index contributed by atoms with van der Waals surface area (Å²) in [7, 11) is 1.52. The molecule has 0 saturated carbocycles. The Morgan fingerprint density at radius 1 is 1.10 bits per heavy atom. The Kier molecular flexibility index (Phi) is 9.27. The molecule has 1 aromatic heterocycles. The van der Waals surface area contributed by atoms with E-state index in [1.807, 2.05) is 26.0 Å². The van der Waals surface area contributed by atoms with Crippen molar-refractivity contribution in [2.75, 3.05) is 7.11 Å². The number of methoxy groups -OCH3 is 1. The fourth-order valence-corrected chi connectivity index (χ4v) is 2.82. The number of pyridine rings is 1. The van der Waals surface area contributed by atoms with Gasteiger partial charge in [-0.15, -0.1) is 34.9 Å². The van der Waals surface area contributed by atoms with E-state index in [0.717, 1.165) is 28.8 Å². The second-order valence-electron chi connectivity index (χ2n) is 6.65. The Labute approximate surface area is 188 Å². The summed E-state index contributed by atoms with van der Waals surface area (Å²) in [5, 5.41) is 8.85. The number of aromatic nitrogens is 1. The third kappa shape index (κ3) is 6.71. The molecule has 0 aliphatic heterocycles. The van der Waals surface area contributed by atoms with Crippen LogP contribution in [0.15, 0.2) is 42.2 Å². The summed E-state index contributed by atoms with van der Waals surface area (Å²) in [5.41, 5.74) is 3.75. The number of ketones is 1. The zero-order valence-corrected chi connectivity index (χ0v) is 19.7. The fraction of sp³-hybridized carbons (Fsp3) is 0.217. The van der Waals surface area contributed by atoms with Gasteiger partial charge in [-0.1, -0.05) is 13.8 Å². The first-order chi connectivity index (χ1) is 13.6. The molecule has 0 spiro atoms. The zero-order valence-electron chi connectivity index (χ0n) is 17.3. The standard InChI is InChI=1S/C18H14F2NO.C5H8O2.Ir/c1-10-4-11(2)6-13(5-10)18-17(22-3)8-12-7-14(19)15(20)9-16(12)21-18;1-4(6)3-5(2)7;/h4-5,7-9H,1-3H3;3,6H,1-2H3;/q-1;;/b;4-3-;. The molecule has 3 aromatic rings. The van der Waals surface area contributed by atoms with Gasteiger partial charge in [-0.05, 0) is 26.0 Å². The van der Waals surface area contributed by atoms with Gasteiger partial charge >= 0.3 is 0 Å². The zero-order chi connectivity index (χ0) is 21.7. The van der Waals surface area contributed by atoms with E-state index in [0.29, 0.717) is 22.3 Å². The Morgan fingerprint density at radius 2 is 1.73 bits per heavy atom. The van der Waals surface area contributed by atoms with Gasteiger partial charge < -0.3 is 9.84 Å². The van der Waals surface area contributed by atoms with Crippen LogP contribution < -0.4 is 4.74 Å². The van der Waals surface area contributed by atoms with Crippen LogP contribution in [0, 0.1) is 31.5 Å². The van der Waals surface area contributed by atoms with E-state index < -0.39 is 11.6 Å². The minimum absolute atomic E-state index is 0. The van der Waals surface area contributed by atoms with Gasteiger partial charge in [0.2, 0.25) is 0 Å². The molecule has 0 unspecified atom stereocenters. The number of aliphatic hydroxyl groups is 1. The number of hydrogen-bond acceptors (Lipinski definition) is 4. The molecule has 0 atom stereocenters. The van der Waals surface area contributed by atoms with E-state index in [2.05, 4.69) is 11.1 Å². The second-order valence-corrected chi connectivity index (χ2v) is 6.65. The molecule has 0 saturated heterocycles. The predicted molar refractivity (Wildman–Crippen MR) is 109 cm³/mol. The Hall–Kier alpha value is -2.63. The molecule has 7 heteroatoms. The Balaban J connectivity index is 0.000000489. The van der Waals surface area contributed by atoms with Crippen molar-refractivity contribution in [3.8, 4) is 17.0 Å². The minimum Gasteiger partial charge on any atom is -0.512 e. The first kappa shape index (κ1) is 25.4. The molecule has 30 heavy (non-hydrogen) atoms. The van der Waals surface area contributed by atoms with Crippen LogP contribution in [0.1, 0.15) is 25.0 Å². The summed E-state index contributed by atoms with van der Waals surface area (Å²) in [6.45, 7) is 6.77. The maximum absolute atomic E-state index is 13.4. The monoisotopic (exact) mass is 591 g/mol. The molecule has 0 amide bonds. The average Bonchev–Trinajstić information content (AvgIpc) is 2.60. The van der Waals surface area contributed by atoms with Crippen LogP contribution in [0.3, 0.4) is 0 Å². The van der Waals surface area contributed by atoms with E-state index in [1.165, 1.54) is 27.0 Å². The van der Waals surface area contributed by atoms with Crippen LogP contribution in [0.2, 0.25) is 0 Å². The third-order valence-electron chi connectivity index (χ3n) is 3.86. The quantitative estimate of drug-likeness (QED) is 0.244. The first-order valence-electron chi connectivity index (χ1n) is 8.83. The van der Waals surface area contributed by atoms with Crippen LogP contribution in [0.4, 0.5) is 8.78 Å². The van der Waals surface area contributed by atoms with Crippen molar-refractivity contribution < 1.29 is 43.5 Å². The number of allylic oxidation sites excluding steroid dienone is 2. The van der Waals surface area contributed by atoms with Gasteiger partial charge in [-0.3, -0.25) is 9.78 Å². The summed E-state index contributed by atoms with van der Waals surface area (Å²) >= 11 is 0. The van der Waals surface area contributed by atoms with Gasteiger partial charge in [-0.2, -0.15) is 0 Å². The molecule has 3 rings (SSSR count). The van der Waals surface area contributed by atoms with Crippen molar-refractivity contribution in [3.63, 3.8) is 0 Å². The van der Waals surface area contributed by atoms with Crippen molar-refractivity contribution >= 4 is 16.7 Å². The van der Waals surface area contributed by atoms with Crippen molar-refractivity contribution in [2.45, 2.75) is 27.7 Å². The average molecular weight is 591 g/mol. The van der Waals surface area contributed by atoms with Gasteiger partial charge in [0.25, 0.3) is 0 Å². The van der Waals surface area contributed by atoms with E-state index in [4.69, 9.17) is 9.84 Å². The molecule has 1 heterocycles. The van der Waals surface area contributed by atoms with Gasteiger partial charge in [0, 0.05) is 43.3 Å². The molecule has 0 aliphatic rings. The number of nitrogens with zero attached hydrogens (tertiary/aromatic N) is 1. The minimum atomic E-state index is -0.916. The van der Waals surface area contributed by atoms with E-state index in [9.17, 15) is 13.6 Å². The molecule has 0 fully saturated rings. The summed E-state index contributed by atoms with van der Waals surface area (Å²) in [6, 6.07) is 11.0. The maximum atomic E-state index is 13.4. The summed E-state index contributed by atoms with van der Waals surface area (Å²) in [5.74, 6) is -1.38. The van der Waals surface area contributed by atoms with E-state index in [-0.39, 0.29) is 31.6 Å². The van der Waals surface area contributed by atoms with Gasteiger partial charge in [-0.25, -0.2) is 8.78 Å². The molecule has 0 bridgehead atoms. The number of rotatable bonds is 3. The number of carbonyl (C=O) groups excluding carboxylic acids is 1. The summed E-state index contributed by atoms with van der Waals surface area (Å²) in [6.07, 6.45) is 1.17. The number of aryl methyl sites for hydroxylation is 2. The second kappa shape index (κ2) is 10.9. The van der Waals surface area contributed by atoms with Crippen molar-refractivity contribution in [1.82, 2.24) is 4.98 Å². The SMILES string of the molecule is CC(=O)/C=C(/C)O.COc1cc2cc(F)c(F)cc2nc1-c1[c-]c(C)cc(C)c1.[Ir]. The third-order valence-corrected chi connectivity index (χ3v) is 3.86. The summed E-state index contributed by atoms with van der Waals surface area (Å²) in [4.78, 5) is 14.5. The van der Waals surface area contributed by atoms with Gasteiger partial charge in [0.1, 0.15) is 5.75 Å². The molecular formula is C23H22F2IrNO3-. The first-order valence-corrected chi connectivity index (χ1v) is 8.83. The number of benzene rings is 2. The summed E-state index contributed by atoms with van der Waals surface area (Å²) < 4.78 is 32.2. The van der Waals surface area contributed by atoms with E-state index in [1.54, 1.807) is 6.07 Å². The normalized spacial score (nSPS) is 10.7. The van der Waals surface area contributed by atoms with Gasteiger partial charge in [0.15, 0.2) is 17.4 Å².